The molecule has 1 N–H and O–H groups in total. The fraction of sp³-hybridized carbons (Fsp3) is 0.385. The largest absolute Gasteiger partial charge is 0.311 e. The van der Waals surface area contributed by atoms with Gasteiger partial charge in [-0.05, 0) is 41.9 Å². The lowest BCUT2D eigenvalue weighted by molar-refractivity contribution is 0.269. The minimum atomic E-state index is -0.938. The van der Waals surface area contributed by atoms with Crippen molar-refractivity contribution in [3.8, 4) is 0 Å². The number of fused-ring (bicyclic) bond motifs is 1. The zero-order valence-electron chi connectivity index (χ0n) is 9.53. The van der Waals surface area contributed by atoms with Gasteiger partial charge in [0.15, 0.2) is 0 Å². The van der Waals surface area contributed by atoms with E-state index in [1.807, 2.05) is 37.4 Å². The Labute approximate surface area is 99.3 Å². The molecule has 1 heterocycles. The van der Waals surface area contributed by atoms with E-state index in [9.17, 15) is 4.39 Å². The Bertz CT molecular complexity index is 466. The number of thiophene rings is 1. The highest BCUT2D eigenvalue weighted by Gasteiger charge is 2.17. The summed E-state index contributed by atoms with van der Waals surface area (Å²) in [6.07, 6.45) is -0.938. The van der Waals surface area contributed by atoms with Gasteiger partial charge in [0, 0.05) is 10.7 Å². The summed E-state index contributed by atoms with van der Waals surface area (Å²) in [6, 6.07) is 7.76. The first kappa shape index (κ1) is 11.6. The normalized spacial score (nSPS) is 15.2. The van der Waals surface area contributed by atoms with Crippen molar-refractivity contribution in [2.75, 3.05) is 6.54 Å². The molecule has 2 atom stereocenters. The Balaban J connectivity index is 2.24. The number of hydrogen-bond acceptors (Lipinski definition) is 2. The van der Waals surface area contributed by atoms with Crippen LogP contribution in [0.15, 0.2) is 29.6 Å². The Hall–Kier alpha value is -0.930. The van der Waals surface area contributed by atoms with Crippen LogP contribution in [-0.2, 0) is 0 Å². The lowest BCUT2D eigenvalue weighted by Crippen LogP contribution is -2.29. The van der Waals surface area contributed by atoms with Gasteiger partial charge in [-0.15, -0.1) is 11.3 Å². The number of nitrogens with one attached hydrogen (secondary N) is 1. The van der Waals surface area contributed by atoms with E-state index < -0.39 is 6.17 Å². The molecule has 86 valence electrons. The van der Waals surface area contributed by atoms with Gasteiger partial charge >= 0.3 is 0 Å². The first-order valence-electron chi connectivity index (χ1n) is 5.57. The van der Waals surface area contributed by atoms with Crippen molar-refractivity contribution in [2.24, 2.45) is 0 Å². The van der Waals surface area contributed by atoms with Gasteiger partial charge < -0.3 is 5.32 Å². The summed E-state index contributed by atoms with van der Waals surface area (Å²) in [4.78, 5) is 0. The first-order chi connectivity index (χ1) is 7.72. The third kappa shape index (κ3) is 2.25. The zero-order valence-corrected chi connectivity index (χ0v) is 10.4. The molecule has 0 bridgehead atoms. The molecule has 2 aromatic rings. The molecule has 2 rings (SSSR count). The van der Waals surface area contributed by atoms with Gasteiger partial charge in [0.05, 0.1) is 0 Å². The predicted molar refractivity (Wildman–Crippen MR) is 68.8 cm³/mol. The first-order valence-corrected chi connectivity index (χ1v) is 6.45. The van der Waals surface area contributed by atoms with Crippen LogP contribution in [0.3, 0.4) is 0 Å². The minimum absolute atomic E-state index is 0.137. The molecular formula is C13H16FNS. The number of benzene rings is 1. The third-order valence-corrected chi connectivity index (χ3v) is 3.64. The molecule has 16 heavy (non-hydrogen) atoms. The number of alkyl halides is 1. The van der Waals surface area contributed by atoms with Crippen LogP contribution in [-0.4, -0.2) is 12.6 Å². The Morgan fingerprint density at radius 2 is 2.19 bits per heavy atom. The molecule has 3 heteroatoms. The molecule has 0 amide bonds. The summed E-state index contributed by atoms with van der Waals surface area (Å²) in [7, 11) is 0. The highest BCUT2D eigenvalue weighted by atomic mass is 32.1. The van der Waals surface area contributed by atoms with Crippen LogP contribution in [0.1, 0.15) is 25.6 Å². The average Bonchev–Trinajstić information content (AvgIpc) is 2.75. The van der Waals surface area contributed by atoms with E-state index in [1.165, 1.54) is 5.39 Å². The Kier molecular flexibility index (Phi) is 3.56. The van der Waals surface area contributed by atoms with Crippen molar-refractivity contribution in [3.05, 3.63) is 35.2 Å². The van der Waals surface area contributed by atoms with Crippen LogP contribution in [0, 0.1) is 0 Å². The molecule has 0 spiro atoms. The van der Waals surface area contributed by atoms with Gasteiger partial charge in [-0.2, -0.15) is 0 Å². The zero-order chi connectivity index (χ0) is 11.5. The van der Waals surface area contributed by atoms with Crippen molar-refractivity contribution >= 4 is 21.4 Å². The summed E-state index contributed by atoms with van der Waals surface area (Å²) in [6.45, 7) is 4.67. The van der Waals surface area contributed by atoms with E-state index in [-0.39, 0.29) is 6.04 Å². The monoisotopic (exact) mass is 237 g/mol. The quantitative estimate of drug-likeness (QED) is 0.850. The third-order valence-electron chi connectivity index (χ3n) is 2.76. The predicted octanol–water partition coefficient (Wildman–Crippen LogP) is 3.91. The topological polar surface area (TPSA) is 12.0 Å². The van der Waals surface area contributed by atoms with Crippen molar-refractivity contribution in [3.63, 3.8) is 0 Å². The van der Waals surface area contributed by atoms with Crippen LogP contribution in [0.25, 0.3) is 10.1 Å². The molecule has 0 aliphatic heterocycles. The smallest absolute Gasteiger partial charge is 0.140 e. The van der Waals surface area contributed by atoms with E-state index in [2.05, 4.69) is 11.4 Å². The van der Waals surface area contributed by atoms with E-state index in [0.29, 0.717) is 0 Å². The number of hydrogen-bond donors (Lipinski definition) is 1. The molecular weight excluding hydrogens is 221 g/mol. The maximum absolute atomic E-state index is 14.1. The summed E-state index contributed by atoms with van der Waals surface area (Å²) < 4.78 is 15.2. The van der Waals surface area contributed by atoms with Crippen LogP contribution in [0.2, 0.25) is 0 Å². The highest BCUT2D eigenvalue weighted by Crippen LogP contribution is 2.28. The van der Waals surface area contributed by atoms with Crippen LogP contribution >= 0.6 is 11.3 Å². The van der Waals surface area contributed by atoms with Gasteiger partial charge in [0.25, 0.3) is 0 Å². The summed E-state index contributed by atoms with van der Waals surface area (Å²) in [5.41, 5.74) is 0.767. The van der Waals surface area contributed by atoms with Crippen LogP contribution in [0.5, 0.6) is 0 Å². The minimum Gasteiger partial charge on any atom is -0.311 e. The molecule has 1 aromatic carbocycles. The molecule has 0 aliphatic carbocycles. The molecule has 2 unspecified atom stereocenters. The lowest BCUT2D eigenvalue weighted by atomic mass is 10.0. The molecule has 0 radical (unpaired) electrons. The number of likely N-dealkylation sites (N-methyl/N-ethyl adjacent to an activating group) is 1. The van der Waals surface area contributed by atoms with Crippen molar-refractivity contribution in [1.82, 2.24) is 5.32 Å². The SMILES string of the molecule is CCNC(C)C(F)c1ccc2ccsc2c1. The second-order valence-corrected chi connectivity index (χ2v) is 4.91. The fourth-order valence-electron chi connectivity index (χ4n) is 1.86. The van der Waals surface area contributed by atoms with Crippen molar-refractivity contribution < 1.29 is 4.39 Å². The standard InChI is InChI=1S/C13H16FNS/c1-3-15-9(2)13(14)11-5-4-10-6-7-16-12(10)8-11/h4-9,13,15H,3H2,1-2H3. The number of halogens is 1. The molecule has 0 saturated heterocycles. The Morgan fingerprint density at radius 1 is 1.38 bits per heavy atom. The molecule has 1 nitrogen and oxygen atoms in total. The fourth-order valence-corrected chi connectivity index (χ4v) is 2.69. The molecule has 0 saturated carbocycles. The summed E-state index contributed by atoms with van der Waals surface area (Å²) in [5, 5.41) is 6.34. The number of rotatable bonds is 4. The van der Waals surface area contributed by atoms with Crippen LogP contribution in [0.4, 0.5) is 4.39 Å². The second-order valence-electron chi connectivity index (χ2n) is 3.97. The summed E-state index contributed by atoms with van der Waals surface area (Å²) in [5.74, 6) is 0. The Morgan fingerprint density at radius 3 is 2.94 bits per heavy atom. The van der Waals surface area contributed by atoms with E-state index in [0.717, 1.165) is 16.8 Å². The second kappa shape index (κ2) is 4.93. The van der Waals surface area contributed by atoms with Crippen LogP contribution < -0.4 is 5.32 Å². The van der Waals surface area contributed by atoms with Gasteiger partial charge in [-0.1, -0.05) is 19.1 Å². The van der Waals surface area contributed by atoms with E-state index >= 15 is 0 Å². The van der Waals surface area contributed by atoms with Crippen molar-refractivity contribution in [2.45, 2.75) is 26.1 Å². The maximum Gasteiger partial charge on any atom is 0.140 e. The molecule has 1 aromatic heterocycles. The van der Waals surface area contributed by atoms with E-state index in [4.69, 9.17) is 0 Å². The van der Waals surface area contributed by atoms with Gasteiger partial charge in [-0.3, -0.25) is 0 Å². The van der Waals surface area contributed by atoms with Gasteiger partial charge in [-0.25, -0.2) is 4.39 Å². The maximum atomic E-state index is 14.1. The summed E-state index contributed by atoms with van der Waals surface area (Å²) >= 11 is 1.66. The van der Waals surface area contributed by atoms with Gasteiger partial charge in [0.2, 0.25) is 0 Å². The highest BCUT2D eigenvalue weighted by molar-refractivity contribution is 7.17. The lowest BCUT2D eigenvalue weighted by Gasteiger charge is -2.17. The van der Waals surface area contributed by atoms with E-state index in [1.54, 1.807) is 11.3 Å². The average molecular weight is 237 g/mol. The van der Waals surface area contributed by atoms with Gasteiger partial charge in [0.1, 0.15) is 6.17 Å². The molecule has 0 fully saturated rings. The molecule has 0 aliphatic rings. The van der Waals surface area contributed by atoms with Crippen molar-refractivity contribution in [1.29, 1.82) is 0 Å².